The summed E-state index contributed by atoms with van der Waals surface area (Å²) in [5.41, 5.74) is 5.08. The number of carbonyl (C=O) groups excluding carboxylic acids is 1. The molecule has 32 heavy (non-hydrogen) atoms. The number of hydrogen-bond donors (Lipinski definition) is 1. The van der Waals surface area contributed by atoms with E-state index in [1.165, 1.54) is 0 Å². The van der Waals surface area contributed by atoms with Gasteiger partial charge in [-0.25, -0.2) is 9.50 Å². The molecule has 0 fully saturated rings. The standard InChI is InChI=1S/C22H18N8O2/c1-13-5-4-9-30-17(13)11-16(28-30)19-18-14(24-12-25-18)7-10-29(19)22(31)21-27-26-20(32-21)15-6-2-3-8-23-15/h2-6,8-9,11-12,19H,7,10H2,1H3,(H,24,25)/t19-/m1/s1. The predicted molar refractivity (Wildman–Crippen MR) is 113 cm³/mol. The van der Waals surface area contributed by atoms with Crippen LogP contribution in [0.3, 0.4) is 0 Å². The minimum absolute atomic E-state index is 0.0883. The van der Waals surface area contributed by atoms with Crippen molar-refractivity contribution in [1.82, 2.24) is 39.7 Å². The lowest BCUT2D eigenvalue weighted by atomic mass is 9.99. The van der Waals surface area contributed by atoms with Gasteiger partial charge in [0.2, 0.25) is 0 Å². The van der Waals surface area contributed by atoms with Crippen LogP contribution in [0.25, 0.3) is 17.1 Å². The van der Waals surface area contributed by atoms with Gasteiger partial charge in [0, 0.05) is 31.1 Å². The highest BCUT2D eigenvalue weighted by atomic mass is 16.4. The maximum absolute atomic E-state index is 13.5. The molecule has 0 aromatic carbocycles. The van der Waals surface area contributed by atoms with Gasteiger partial charge < -0.3 is 14.3 Å². The van der Waals surface area contributed by atoms with Gasteiger partial charge in [-0.05, 0) is 36.8 Å². The molecule has 1 aliphatic rings. The number of aromatic amines is 1. The second-order valence-corrected chi connectivity index (χ2v) is 7.63. The van der Waals surface area contributed by atoms with Gasteiger partial charge in [-0.2, -0.15) is 5.10 Å². The molecule has 158 valence electrons. The van der Waals surface area contributed by atoms with E-state index in [4.69, 9.17) is 9.52 Å². The molecule has 0 spiro atoms. The van der Waals surface area contributed by atoms with Crippen LogP contribution in [-0.4, -0.2) is 52.1 Å². The average Bonchev–Trinajstić information content (AvgIpc) is 3.58. The summed E-state index contributed by atoms with van der Waals surface area (Å²) in [7, 11) is 0. The summed E-state index contributed by atoms with van der Waals surface area (Å²) < 4.78 is 7.51. The van der Waals surface area contributed by atoms with Crippen molar-refractivity contribution in [3.05, 3.63) is 83.7 Å². The Kier molecular flexibility index (Phi) is 4.10. The van der Waals surface area contributed by atoms with Gasteiger partial charge in [-0.15, -0.1) is 10.2 Å². The normalized spacial score (nSPS) is 15.8. The lowest BCUT2D eigenvalue weighted by molar-refractivity contribution is 0.0646. The van der Waals surface area contributed by atoms with Crippen LogP contribution in [0, 0.1) is 6.92 Å². The lowest BCUT2D eigenvalue weighted by Gasteiger charge is -2.32. The zero-order chi connectivity index (χ0) is 21.7. The molecular formula is C22H18N8O2. The summed E-state index contributed by atoms with van der Waals surface area (Å²) >= 11 is 0. The first-order valence-corrected chi connectivity index (χ1v) is 10.2. The number of hydrogen-bond acceptors (Lipinski definition) is 7. The number of nitrogens with zero attached hydrogens (tertiary/aromatic N) is 7. The number of aromatic nitrogens is 7. The minimum atomic E-state index is -0.470. The first-order chi connectivity index (χ1) is 15.7. The van der Waals surface area contributed by atoms with Gasteiger partial charge in [0.15, 0.2) is 0 Å². The SMILES string of the molecule is Cc1cccn2nc([C@@H]3c4nc[nH]c4CCN3C(=O)c3nnc(-c4ccccn4)o3)cc12. The molecule has 5 aromatic rings. The van der Waals surface area contributed by atoms with Crippen LogP contribution in [0.5, 0.6) is 0 Å². The van der Waals surface area contributed by atoms with E-state index in [1.54, 1.807) is 29.6 Å². The smallest absolute Gasteiger partial charge is 0.312 e. The van der Waals surface area contributed by atoms with Crippen molar-refractivity contribution in [2.24, 2.45) is 0 Å². The minimum Gasteiger partial charge on any atom is -0.411 e. The number of aryl methyl sites for hydroxylation is 1. The number of pyridine rings is 2. The fraction of sp³-hybridized carbons (Fsp3) is 0.182. The lowest BCUT2D eigenvalue weighted by Crippen LogP contribution is -2.41. The fourth-order valence-corrected chi connectivity index (χ4v) is 4.13. The third-order valence-electron chi connectivity index (χ3n) is 5.69. The Morgan fingerprint density at radius 2 is 2.12 bits per heavy atom. The average molecular weight is 426 g/mol. The molecule has 6 rings (SSSR count). The molecule has 0 bridgehead atoms. The quantitative estimate of drug-likeness (QED) is 0.471. The molecule has 1 amide bonds. The number of amides is 1. The number of imidazole rings is 1. The van der Waals surface area contributed by atoms with Crippen LogP contribution in [0.2, 0.25) is 0 Å². The van der Waals surface area contributed by atoms with Crippen LogP contribution in [0.1, 0.15) is 39.4 Å². The van der Waals surface area contributed by atoms with Gasteiger partial charge in [-0.1, -0.05) is 12.1 Å². The molecule has 10 heteroatoms. The van der Waals surface area contributed by atoms with E-state index in [-0.39, 0.29) is 17.7 Å². The van der Waals surface area contributed by atoms with Gasteiger partial charge in [0.1, 0.15) is 11.7 Å². The van der Waals surface area contributed by atoms with Crippen LogP contribution in [0.15, 0.2) is 59.5 Å². The maximum atomic E-state index is 13.5. The van der Waals surface area contributed by atoms with Crippen LogP contribution < -0.4 is 0 Å². The third-order valence-corrected chi connectivity index (χ3v) is 5.69. The molecule has 5 aromatic heterocycles. The highest BCUT2D eigenvalue weighted by Crippen LogP contribution is 2.34. The van der Waals surface area contributed by atoms with Gasteiger partial charge >= 0.3 is 11.8 Å². The molecule has 0 saturated heterocycles. The Morgan fingerprint density at radius 1 is 1.19 bits per heavy atom. The largest absolute Gasteiger partial charge is 0.411 e. The van der Waals surface area contributed by atoms with Crippen molar-refractivity contribution in [2.75, 3.05) is 6.54 Å². The van der Waals surface area contributed by atoms with E-state index in [1.807, 2.05) is 41.9 Å². The number of fused-ring (bicyclic) bond motifs is 2. The Morgan fingerprint density at radius 3 is 2.97 bits per heavy atom. The number of H-pyrrole nitrogens is 1. The van der Waals surface area contributed by atoms with Crippen LogP contribution in [0.4, 0.5) is 0 Å². The number of rotatable bonds is 3. The molecule has 1 N–H and O–H groups in total. The molecule has 0 aliphatic carbocycles. The monoisotopic (exact) mass is 426 g/mol. The summed E-state index contributed by atoms with van der Waals surface area (Å²) in [6.45, 7) is 2.50. The number of carbonyl (C=O) groups is 1. The van der Waals surface area contributed by atoms with Gasteiger partial charge in [0.05, 0.1) is 23.2 Å². The molecule has 0 radical (unpaired) electrons. The highest BCUT2D eigenvalue weighted by molar-refractivity contribution is 5.90. The van der Waals surface area contributed by atoms with E-state index >= 15 is 0 Å². The maximum Gasteiger partial charge on any atom is 0.312 e. The van der Waals surface area contributed by atoms with Crippen molar-refractivity contribution in [1.29, 1.82) is 0 Å². The summed E-state index contributed by atoms with van der Waals surface area (Å²) in [4.78, 5) is 27.1. The van der Waals surface area contributed by atoms with Crippen LogP contribution in [-0.2, 0) is 6.42 Å². The highest BCUT2D eigenvalue weighted by Gasteiger charge is 2.38. The zero-order valence-electron chi connectivity index (χ0n) is 17.1. The van der Waals surface area contributed by atoms with Crippen molar-refractivity contribution in [3.63, 3.8) is 0 Å². The second-order valence-electron chi connectivity index (χ2n) is 7.63. The zero-order valence-corrected chi connectivity index (χ0v) is 17.1. The molecule has 10 nitrogen and oxygen atoms in total. The fourth-order valence-electron chi connectivity index (χ4n) is 4.13. The predicted octanol–water partition coefficient (Wildman–Crippen LogP) is 2.60. The van der Waals surface area contributed by atoms with E-state index in [0.717, 1.165) is 28.2 Å². The van der Waals surface area contributed by atoms with E-state index in [9.17, 15) is 4.79 Å². The van der Waals surface area contributed by atoms with Gasteiger partial charge in [0.25, 0.3) is 5.89 Å². The Labute approximate surface area is 181 Å². The number of nitrogens with one attached hydrogen (secondary N) is 1. The molecule has 1 aliphatic heterocycles. The van der Waals surface area contributed by atoms with Crippen molar-refractivity contribution >= 4 is 11.4 Å². The van der Waals surface area contributed by atoms with Crippen molar-refractivity contribution in [3.8, 4) is 11.6 Å². The summed E-state index contributed by atoms with van der Waals surface area (Å²) in [6.07, 6.45) is 5.82. The molecule has 0 unspecified atom stereocenters. The van der Waals surface area contributed by atoms with Crippen molar-refractivity contribution < 1.29 is 9.21 Å². The summed E-state index contributed by atoms with van der Waals surface area (Å²) in [5.74, 6) is -0.256. The summed E-state index contributed by atoms with van der Waals surface area (Å²) in [5, 5.41) is 12.8. The molecular weight excluding hydrogens is 408 g/mol. The molecule has 1 atom stereocenters. The van der Waals surface area contributed by atoms with E-state index in [2.05, 4.69) is 25.1 Å². The third kappa shape index (κ3) is 2.88. The summed E-state index contributed by atoms with van der Waals surface area (Å²) in [6, 6.07) is 10.9. The van der Waals surface area contributed by atoms with Crippen LogP contribution >= 0.6 is 0 Å². The second kappa shape index (κ2) is 7.12. The first-order valence-electron chi connectivity index (χ1n) is 10.2. The molecule has 6 heterocycles. The molecule has 0 saturated carbocycles. The van der Waals surface area contributed by atoms with Gasteiger partial charge in [-0.3, -0.25) is 9.78 Å². The topological polar surface area (TPSA) is 118 Å². The first kappa shape index (κ1) is 18.4. The Hall–Kier alpha value is -4.34. The van der Waals surface area contributed by atoms with E-state index < -0.39 is 6.04 Å². The Bertz CT molecular complexity index is 1430. The Balaban J connectivity index is 1.41. The van der Waals surface area contributed by atoms with E-state index in [0.29, 0.717) is 18.7 Å². The van der Waals surface area contributed by atoms with Crippen molar-refractivity contribution in [2.45, 2.75) is 19.4 Å².